The first kappa shape index (κ1) is 19.3. The summed E-state index contributed by atoms with van der Waals surface area (Å²) in [6.07, 6.45) is 5.59. The minimum Gasteiger partial charge on any atom is -0.339 e. The quantitative estimate of drug-likeness (QED) is 0.712. The maximum atomic E-state index is 13.4. The first-order valence-electron chi connectivity index (χ1n) is 9.60. The van der Waals surface area contributed by atoms with Gasteiger partial charge in [-0.25, -0.2) is 8.42 Å². The van der Waals surface area contributed by atoms with Crippen LogP contribution >= 0.6 is 11.8 Å². The van der Waals surface area contributed by atoms with Gasteiger partial charge in [-0.1, -0.05) is 18.2 Å². The van der Waals surface area contributed by atoms with Crippen LogP contribution in [0, 0.1) is 0 Å². The Morgan fingerprint density at radius 1 is 1.00 bits per heavy atom. The highest BCUT2D eigenvalue weighted by molar-refractivity contribution is 7.98. The Morgan fingerprint density at radius 2 is 1.75 bits per heavy atom. The second kappa shape index (κ2) is 7.79. The molecule has 2 aliphatic rings. The van der Waals surface area contributed by atoms with Gasteiger partial charge >= 0.3 is 0 Å². The molecular weight excluding hydrogens is 392 g/mol. The molecule has 2 aromatic carbocycles. The van der Waals surface area contributed by atoms with E-state index in [1.165, 1.54) is 16.1 Å². The Kier molecular flexibility index (Phi) is 5.38. The molecule has 7 heteroatoms. The van der Waals surface area contributed by atoms with Crippen molar-refractivity contribution in [3.05, 3.63) is 53.6 Å². The first-order valence-corrected chi connectivity index (χ1v) is 12.3. The smallest absolute Gasteiger partial charge is 0.264 e. The summed E-state index contributed by atoms with van der Waals surface area (Å²) in [5, 5.41) is 0. The van der Waals surface area contributed by atoms with Crippen LogP contribution in [0.5, 0.6) is 0 Å². The van der Waals surface area contributed by atoms with E-state index >= 15 is 0 Å². The molecule has 0 saturated carbocycles. The Balaban J connectivity index is 1.75. The third kappa shape index (κ3) is 3.42. The molecular formula is C21H24N2O3S2. The Morgan fingerprint density at radius 3 is 2.50 bits per heavy atom. The number of hydrogen-bond acceptors (Lipinski definition) is 4. The Hall–Kier alpha value is -1.99. The number of anilines is 1. The molecule has 1 saturated heterocycles. The van der Waals surface area contributed by atoms with E-state index in [0.717, 1.165) is 54.9 Å². The summed E-state index contributed by atoms with van der Waals surface area (Å²) in [6, 6.07) is 12.6. The summed E-state index contributed by atoms with van der Waals surface area (Å²) in [4.78, 5) is 15.8. The van der Waals surface area contributed by atoms with Gasteiger partial charge in [0.2, 0.25) is 0 Å². The van der Waals surface area contributed by atoms with Crippen LogP contribution in [0.1, 0.15) is 35.2 Å². The van der Waals surface area contributed by atoms with Gasteiger partial charge in [-0.15, -0.1) is 11.8 Å². The molecule has 0 bridgehead atoms. The fraction of sp³-hybridized carbons (Fsp3) is 0.381. The van der Waals surface area contributed by atoms with Crippen molar-refractivity contribution in [1.82, 2.24) is 4.90 Å². The number of likely N-dealkylation sites (tertiary alicyclic amines) is 1. The number of amides is 1. The van der Waals surface area contributed by atoms with Crippen LogP contribution in [0.4, 0.5) is 5.69 Å². The van der Waals surface area contributed by atoms with Gasteiger partial charge in [0.15, 0.2) is 0 Å². The second-order valence-electron chi connectivity index (χ2n) is 7.17. The fourth-order valence-electron chi connectivity index (χ4n) is 3.98. The molecule has 2 aliphatic heterocycles. The Labute approximate surface area is 170 Å². The topological polar surface area (TPSA) is 57.7 Å². The molecule has 4 rings (SSSR count). The molecule has 28 heavy (non-hydrogen) atoms. The predicted octanol–water partition coefficient (Wildman–Crippen LogP) is 3.79. The highest BCUT2D eigenvalue weighted by Crippen LogP contribution is 2.33. The molecule has 1 fully saturated rings. The average Bonchev–Trinajstić information content (AvgIpc) is 3.27. The molecule has 2 aromatic rings. The van der Waals surface area contributed by atoms with E-state index in [4.69, 9.17) is 0 Å². The summed E-state index contributed by atoms with van der Waals surface area (Å²) >= 11 is 1.47. The van der Waals surface area contributed by atoms with Gasteiger partial charge < -0.3 is 4.90 Å². The molecule has 2 heterocycles. The van der Waals surface area contributed by atoms with Crippen molar-refractivity contribution in [2.45, 2.75) is 35.5 Å². The standard InChI is InChI=1S/C21H24N2O3S2/c1-27-20-11-10-17(15-18(20)21(24)22-12-4-5-13-22)28(25,26)23-14-6-8-16-7-2-3-9-19(16)23/h2-3,7,9-11,15H,4-6,8,12-14H2,1H3. The largest absolute Gasteiger partial charge is 0.339 e. The summed E-state index contributed by atoms with van der Waals surface area (Å²) in [5.74, 6) is -0.0713. The summed E-state index contributed by atoms with van der Waals surface area (Å²) < 4.78 is 28.4. The molecule has 0 unspecified atom stereocenters. The minimum atomic E-state index is -3.73. The van der Waals surface area contributed by atoms with Crippen molar-refractivity contribution in [3.8, 4) is 0 Å². The van der Waals surface area contributed by atoms with E-state index in [1.807, 2.05) is 35.4 Å². The van der Waals surface area contributed by atoms with Crippen molar-refractivity contribution >= 4 is 33.4 Å². The van der Waals surface area contributed by atoms with Gasteiger partial charge in [-0.3, -0.25) is 9.10 Å². The Bertz CT molecular complexity index is 998. The number of carbonyl (C=O) groups is 1. The molecule has 0 aromatic heterocycles. The van der Waals surface area contributed by atoms with Crippen molar-refractivity contribution < 1.29 is 13.2 Å². The van der Waals surface area contributed by atoms with E-state index in [-0.39, 0.29) is 10.8 Å². The van der Waals surface area contributed by atoms with E-state index in [0.29, 0.717) is 12.1 Å². The molecule has 0 atom stereocenters. The van der Waals surface area contributed by atoms with Gasteiger partial charge in [0, 0.05) is 24.5 Å². The van der Waals surface area contributed by atoms with E-state index in [9.17, 15) is 13.2 Å². The van der Waals surface area contributed by atoms with Gasteiger partial charge in [-0.2, -0.15) is 0 Å². The van der Waals surface area contributed by atoms with Gasteiger partial charge in [0.05, 0.1) is 16.1 Å². The van der Waals surface area contributed by atoms with Crippen molar-refractivity contribution in [2.24, 2.45) is 0 Å². The summed E-state index contributed by atoms with van der Waals surface area (Å²) in [6.45, 7) is 1.94. The molecule has 5 nitrogen and oxygen atoms in total. The van der Waals surface area contributed by atoms with Gasteiger partial charge in [0.1, 0.15) is 0 Å². The van der Waals surface area contributed by atoms with Crippen molar-refractivity contribution in [3.63, 3.8) is 0 Å². The lowest BCUT2D eigenvalue weighted by molar-refractivity contribution is 0.0789. The third-order valence-corrected chi connectivity index (χ3v) is 8.06. The van der Waals surface area contributed by atoms with E-state index in [2.05, 4.69) is 0 Å². The number of nitrogens with zero attached hydrogens (tertiary/aromatic N) is 2. The maximum absolute atomic E-state index is 13.4. The molecule has 0 radical (unpaired) electrons. The summed E-state index contributed by atoms with van der Waals surface area (Å²) in [7, 11) is -3.73. The number of aryl methyl sites for hydroxylation is 1. The monoisotopic (exact) mass is 416 g/mol. The summed E-state index contributed by atoms with van der Waals surface area (Å²) in [5.41, 5.74) is 2.28. The SMILES string of the molecule is CSc1ccc(S(=O)(=O)N2CCCc3ccccc32)cc1C(=O)N1CCCC1. The zero-order chi connectivity index (χ0) is 19.7. The number of carbonyl (C=O) groups excluding carboxylic acids is 1. The van der Waals surface area contributed by atoms with Crippen LogP contribution in [-0.2, 0) is 16.4 Å². The highest BCUT2D eigenvalue weighted by atomic mass is 32.2. The van der Waals surface area contributed by atoms with Gasteiger partial charge in [0.25, 0.3) is 15.9 Å². The van der Waals surface area contributed by atoms with Crippen molar-refractivity contribution in [1.29, 1.82) is 0 Å². The van der Waals surface area contributed by atoms with Crippen LogP contribution in [0.2, 0.25) is 0 Å². The maximum Gasteiger partial charge on any atom is 0.264 e. The third-order valence-electron chi connectivity index (χ3n) is 5.45. The van der Waals surface area contributed by atoms with Gasteiger partial charge in [-0.05, 0) is 61.8 Å². The zero-order valence-electron chi connectivity index (χ0n) is 15.9. The number of thioether (sulfide) groups is 1. The van der Waals surface area contributed by atoms with Crippen LogP contribution < -0.4 is 4.31 Å². The lowest BCUT2D eigenvalue weighted by Crippen LogP contribution is -2.35. The minimum absolute atomic E-state index is 0.0713. The lowest BCUT2D eigenvalue weighted by Gasteiger charge is -2.30. The average molecular weight is 417 g/mol. The number of fused-ring (bicyclic) bond motifs is 1. The number of sulfonamides is 1. The molecule has 0 spiro atoms. The number of benzene rings is 2. The lowest BCUT2D eigenvalue weighted by atomic mass is 10.0. The highest BCUT2D eigenvalue weighted by Gasteiger charge is 2.31. The predicted molar refractivity (Wildman–Crippen MR) is 113 cm³/mol. The normalized spacial score (nSPS) is 16.9. The molecule has 148 valence electrons. The molecule has 1 amide bonds. The first-order chi connectivity index (χ1) is 13.5. The van der Waals surface area contributed by atoms with Crippen LogP contribution in [0.15, 0.2) is 52.3 Å². The zero-order valence-corrected chi connectivity index (χ0v) is 17.6. The number of hydrogen-bond donors (Lipinski definition) is 0. The second-order valence-corrected chi connectivity index (χ2v) is 9.88. The van der Waals surface area contributed by atoms with E-state index < -0.39 is 10.0 Å². The van der Waals surface area contributed by atoms with Crippen LogP contribution in [-0.4, -0.2) is 45.1 Å². The number of para-hydroxylation sites is 1. The number of rotatable bonds is 4. The van der Waals surface area contributed by atoms with E-state index in [1.54, 1.807) is 18.2 Å². The van der Waals surface area contributed by atoms with Crippen LogP contribution in [0.3, 0.4) is 0 Å². The fourth-order valence-corrected chi connectivity index (χ4v) is 6.12. The molecule has 0 N–H and O–H groups in total. The van der Waals surface area contributed by atoms with Crippen molar-refractivity contribution in [2.75, 3.05) is 30.2 Å². The molecule has 0 aliphatic carbocycles. The van der Waals surface area contributed by atoms with Crippen LogP contribution in [0.25, 0.3) is 0 Å².